The molecular weight excluding hydrogens is 252 g/mol. The fraction of sp³-hybridized carbons (Fsp3) is 0.750. The van der Waals surface area contributed by atoms with Gasteiger partial charge in [0.15, 0.2) is 0 Å². The second kappa shape index (κ2) is 7.60. The van der Waals surface area contributed by atoms with E-state index < -0.39 is 23.7 Å². The van der Waals surface area contributed by atoms with Crippen LogP contribution in [-0.4, -0.2) is 43.3 Å². The fourth-order valence-corrected chi connectivity index (χ4v) is 1.14. The van der Waals surface area contributed by atoms with Crippen LogP contribution in [0.25, 0.3) is 0 Å². The molecule has 2 N–H and O–H groups in total. The van der Waals surface area contributed by atoms with Crippen LogP contribution in [0.1, 0.15) is 34.1 Å². The number of ether oxygens (including phenoxy) is 2. The molecule has 0 unspecified atom stereocenters. The molecule has 0 rings (SSSR count). The standard InChI is InChI=1S/C12H22N2O5/c1-8(10(16)18-5)14-9(15)6-7-13-11(17)19-12(2,3)4/h8H,6-7H2,1-5H3,(H,13,17)(H,14,15)/t8-/m0/s1. The third kappa shape index (κ3) is 8.87. The molecule has 0 fully saturated rings. The lowest BCUT2D eigenvalue weighted by Crippen LogP contribution is -2.41. The van der Waals surface area contributed by atoms with Crippen molar-refractivity contribution in [2.45, 2.75) is 45.8 Å². The Kier molecular flexibility index (Phi) is 6.89. The highest BCUT2D eigenvalue weighted by Gasteiger charge is 2.17. The van der Waals surface area contributed by atoms with Crippen LogP contribution in [0.2, 0.25) is 0 Å². The van der Waals surface area contributed by atoms with Gasteiger partial charge in [0.1, 0.15) is 11.6 Å². The zero-order valence-corrected chi connectivity index (χ0v) is 12.0. The van der Waals surface area contributed by atoms with Gasteiger partial charge in [-0.25, -0.2) is 9.59 Å². The molecule has 7 nitrogen and oxygen atoms in total. The topological polar surface area (TPSA) is 93.7 Å². The van der Waals surface area contributed by atoms with Crippen molar-refractivity contribution in [3.05, 3.63) is 0 Å². The molecule has 0 radical (unpaired) electrons. The van der Waals surface area contributed by atoms with Crippen LogP contribution in [0.15, 0.2) is 0 Å². The van der Waals surface area contributed by atoms with E-state index in [9.17, 15) is 14.4 Å². The maximum absolute atomic E-state index is 11.4. The zero-order valence-electron chi connectivity index (χ0n) is 12.0. The molecule has 0 aliphatic heterocycles. The van der Waals surface area contributed by atoms with Gasteiger partial charge >= 0.3 is 12.1 Å². The summed E-state index contributed by atoms with van der Waals surface area (Å²) in [6.45, 7) is 6.89. The lowest BCUT2D eigenvalue weighted by Gasteiger charge is -2.19. The minimum atomic E-state index is -0.709. The Morgan fingerprint density at radius 3 is 2.26 bits per heavy atom. The molecular formula is C12H22N2O5. The first kappa shape index (κ1) is 17.2. The highest BCUT2D eigenvalue weighted by atomic mass is 16.6. The number of methoxy groups -OCH3 is 1. The van der Waals surface area contributed by atoms with Gasteiger partial charge < -0.3 is 20.1 Å². The molecule has 1 atom stereocenters. The van der Waals surface area contributed by atoms with Gasteiger partial charge in [-0.1, -0.05) is 0 Å². The predicted octanol–water partition coefficient (Wildman–Crippen LogP) is 0.579. The van der Waals surface area contributed by atoms with E-state index in [0.717, 1.165) is 0 Å². The van der Waals surface area contributed by atoms with Crippen LogP contribution < -0.4 is 10.6 Å². The second-order valence-corrected chi connectivity index (χ2v) is 4.99. The maximum atomic E-state index is 11.4. The van der Waals surface area contributed by atoms with E-state index in [4.69, 9.17) is 4.74 Å². The number of alkyl carbamates (subject to hydrolysis) is 1. The van der Waals surface area contributed by atoms with Gasteiger partial charge in [0.25, 0.3) is 0 Å². The first-order chi connectivity index (χ1) is 8.65. The Labute approximate surface area is 113 Å². The van der Waals surface area contributed by atoms with Crippen molar-refractivity contribution in [3.63, 3.8) is 0 Å². The summed E-state index contributed by atoms with van der Waals surface area (Å²) in [4.78, 5) is 33.8. The highest BCUT2D eigenvalue weighted by Crippen LogP contribution is 2.06. The molecule has 19 heavy (non-hydrogen) atoms. The monoisotopic (exact) mass is 274 g/mol. The zero-order chi connectivity index (χ0) is 15.1. The van der Waals surface area contributed by atoms with E-state index in [2.05, 4.69) is 15.4 Å². The van der Waals surface area contributed by atoms with Gasteiger partial charge in [0.05, 0.1) is 7.11 Å². The smallest absolute Gasteiger partial charge is 0.407 e. The summed E-state index contributed by atoms with van der Waals surface area (Å²) in [5, 5.41) is 4.90. The molecule has 0 saturated heterocycles. The van der Waals surface area contributed by atoms with E-state index >= 15 is 0 Å². The first-order valence-corrected chi connectivity index (χ1v) is 5.99. The van der Waals surface area contributed by atoms with Crippen LogP contribution in [-0.2, 0) is 19.1 Å². The number of hydrogen-bond donors (Lipinski definition) is 2. The minimum Gasteiger partial charge on any atom is -0.467 e. The van der Waals surface area contributed by atoms with Crippen molar-refractivity contribution in [1.82, 2.24) is 10.6 Å². The van der Waals surface area contributed by atoms with E-state index in [1.54, 1.807) is 20.8 Å². The summed E-state index contributed by atoms with van der Waals surface area (Å²) in [5.41, 5.74) is -0.578. The number of hydrogen-bond acceptors (Lipinski definition) is 5. The van der Waals surface area contributed by atoms with Gasteiger partial charge in [-0.15, -0.1) is 0 Å². The van der Waals surface area contributed by atoms with E-state index in [1.165, 1.54) is 14.0 Å². The summed E-state index contributed by atoms with van der Waals surface area (Å²) >= 11 is 0. The molecule has 0 aromatic rings. The number of esters is 1. The Morgan fingerprint density at radius 2 is 1.79 bits per heavy atom. The van der Waals surface area contributed by atoms with E-state index in [-0.39, 0.29) is 18.9 Å². The number of nitrogens with one attached hydrogen (secondary N) is 2. The normalized spacial score (nSPS) is 12.3. The molecule has 0 heterocycles. The quantitative estimate of drug-likeness (QED) is 0.715. The van der Waals surface area contributed by atoms with Crippen LogP contribution in [0.5, 0.6) is 0 Å². The van der Waals surface area contributed by atoms with Crippen LogP contribution in [0.4, 0.5) is 4.79 Å². The van der Waals surface area contributed by atoms with Crippen LogP contribution >= 0.6 is 0 Å². The average Bonchev–Trinajstić information content (AvgIpc) is 2.25. The van der Waals surface area contributed by atoms with Crippen molar-refractivity contribution in [3.8, 4) is 0 Å². The molecule has 0 spiro atoms. The maximum Gasteiger partial charge on any atom is 0.407 e. The highest BCUT2D eigenvalue weighted by molar-refractivity contribution is 5.84. The van der Waals surface area contributed by atoms with Crippen LogP contribution in [0.3, 0.4) is 0 Å². The van der Waals surface area contributed by atoms with Gasteiger partial charge in [-0.05, 0) is 27.7 Å². The Morgan fingerprint density at radius 1 is 1.21 bits per heavy atom. The molecule has 0 saturated carbocycles. The molecule has 0 aromatic carbocycles. The number of amides is 2. The predicted molar refractivity (Wildman–Crippen MR) is 68.5 cm³/mol. The molecule has 0 aliphatic rings. The SMILES string of the molecule is COC(=O)[C@H](C)NC(=O)CCNC(=O)OC(C)(C)C. The van der Waals surface area contributed by atoms with Crippen molar-refractivity contribution >= 4 is 18.0 Å². The molecule has 0 aromatic heterocycles. The molecule has 0 bridgehead atoms. The average molecular weight is 274 g/mol. The van der Waals surface area contributed by atoms with Gasteiger partial charge in [-0.3, -0.25) is 4.79 Å². The summed E-state index contributed by atoms with van der Waals surface area (Å²) in [7, 11) is 1.25. The Hall–Kier alpha value is -1.79. The lowest BCUT2D eigenvalue weighted by molar-refractivity contribution is -0.144. The van der Waals surface area contributed by atoms with Crippen molar-refractivity contribution in [1.29, 1.82) is 0 Å². The van der Waals surface area contributed by atoms with E-state index in [1.807, 2.05) is 0 Å². The lowest BCUT2D eigenvalue weighted by atomic mass is 10.2. The number of carbonyl (C=O) groups is 3. The van der Waals surface area contributed by atoms with Crippen molar-refractivity contribution in [2.75, 3.05) is 13.7 Å². The number of carbonyl (C=O) groups excluding carboxylic acids is 3. The van der Waals surface area contributed by atoms with Gasteiger partial charge in [0, 0.05) is 13.0 Å². The fourth-order valence-electron chi connectivity index (χ4n) is 1.14. The Balaban J connectivity index is 3.87. The third-order valence-corrected chi connectivity index (χ3v) is 1.95. The first-order valence-electron chi connectivity index (χ1n) is 5.99. The Bertz CT molecular complexity index is 336. The summed E-state index contributed by atoms with van der Waals surface area (Å²) < 4.78 is 9.47. The molecule has 7 heteroatoms. The largest absolute Gasteiger partial charge is 0.467 e. The van der Waals surface area contributed by atoms with E-state index in [0.29, 0.717) is 0 Å². The van der Waals surface area contributed by atoms with Gasteiger partial charge in [-0.2, -0.15) is 0 Å². The second-order valence-electron chi connectivity index (χ2n) is 4.99. The molecule has 2 amide bonds. The number of rotatable bonds is 5. The van der Waals surface area contributed by atoms with Crippen molar-refractivity contribution in [2.24, 2.45) is 0 Å². The van der Waals surface area contributed by atoms with Crippen LogP contribution in [0, 0.1) is 0 Å². The summed E-state index contributed by atoms with van der Waals surface area (Å²) in [5.74, 6) is -0.873. The van der Waals surface area contributed by atoms with Gasteiger partial charge in [0.2, 0.25) is 5.91 Å². The summed E-state index contributed by atoms with van der Waals surface area (Å²) in [6, 6.07) is -0.709. The molecule has 0 aliphatic carbocycles. The minimum absolute atomic E-state index is 0.0561. The summed E-state index contributed by atoms with van der Waals surface area (Å²) in [6.07, 6.45) is -0.526. The van der Waals surface area contributed by atoms with Crippen molar-refractivity contribution < 1.29 is 23.9 Å². The third-order valence-electron chi connectivity index (χ3n) is 1.95. The molecule has 110 valence electrons.